The Hall–Kier alpha value is -1.46. The summed E-state index contributed by atoms with van der Waals surface area (Å²) >= 11 is 0. The Morgan fingerprint density at radius 3 is 2.38 bits per heavy atom. The smallest absolute Gasteiger partial charge is 0.0355 e. The van der Waals surface area contributed by atoms with Crippen LogP contribution in [0, 0.1) is 0 Å². The van der Waals surface area contributed by atoms with Crippen molar-refractivity contribution in [3.05, 3.63) is 54.5 Å². The number of hydrogen-bond donors (Lipinski definition) is 0. The molecule has 0 aromatic carbocycles. The van der Waals surface area contributed by atoms with Gasteiger partial charge in [0.1, 0.15) is 0 Å². The van der Waals surface area contributed by atoms with E-state index in [0.717, 1.165) is 11.3 Å². The van der Waals surface area contributed by atoms with Gasteiger partial charge in [-0.1, -0.05) is 25.3 Å². The van der Waals surface area contributed by atoms with Crippen LogP contribution in [0.3, 0.4) is 0 Å². The number of hydrogen-bond acceptors (Lipinski definition) is 1. The van der Waals surface area contributed by atoms with Gasteiger partial charge in [0.25, 0.3) is 0 Å². The Morgan fingerprint density at radius 2 is 2.00 bits per heavy atom. The number of likely N-dealkylation sites (N-methyl/N-ethyl adjacent to an activating group) is 1. The van der Waals surface area contributed by atoms with Crippen LogP contribution >= 0.6 is 0 Å². The second-order valence-corrected chi connectivity index (χ2v) is 2.91. The van der Waals surface area contributed by atoms with Gasteiger partial charge in [-0.2, -0.15) is 0 Å². The van der Waals surface area contributed by atoms with Gasteiger partial charge in [0.15, 0.2) is 0 Å². The largest absolute Gasteiger partial charge is 0.378 e. The molecule has 0 spiro atoms. The molecule has 0 unspecified atom stereocenters. The molecule has 1 heteroatoms. The van der Waals surface area contributed by atoms with E-state index >= 15 is 0 Å². The molecule has 0 heterocycles. The molecule has 0 fully saturated rings. The van der Waals surface area contributed by atoms with Crippen molar-refractivity contribution in [3.8, 4) is 0 Å². The van der Waals surface area contributed by atoms with Crippen LogP contribution in [0.4, 0.5) is 0 Å². The Kier molecular flexibility index (Phi) is 5.42. The van der Waals surface area contributed by atoms with Gasteiger partial charge in [0.2, 0.25) is 0 Å². The minimum atomic E-state index is 1.03. The lowest BCUT2D eigenvalue weighted by Gasteiger charge is -2.11. The predicted octanol–water partition coefficient (Wildman–Crippen LogP) is 2.91. The van der Waals surface area contributed by atoms with Gasteiger partial charge in [-0.05, 0) is 24.6 Å². The maximum atomic E-state index is 3.72. The Labute approximate surface area is 81.1 Å². The molecule has 0 atom stereocenters. The van der Waals surface area contributed by atoms with Crippen LogP contribution in [0.2, 0.25) is 0 Å². The van der Waals surface area contributed by atoms with Crippen molar-refractivity contribution in [3.63, 3.8) is 0 Å². The molecule has 70 valence electrons. The summed E-state index contributed by atoms with van der Waals surface area (Å²) in [6.07, 6.45) is 7.73. The summed E-state index contributed by atoms with van der Waals surface area (Å²) in [6.45, 7) is 9.23. The lowest BCUT2D eigenvalue weighted by atomic mass is 10.2. The van der Waals surface area contributed by atoms with E-state index in [1.165, 1.54) is 0 Å². The van der Waals surface area contributed by atoms with Crippen molar-refractivity contribution in [2.75, 3.05) is 14.1 Å². The first-order valence-electron chi connectivity index (χ1n) is 4.16. The first-order chi connectivity index (χ1) is 6.11. The predicted molar refractivity (Wildman–Crippen MR) is 59.4 cm³/mol. The molecular formula is C12H17N. The minimum absolute atomic E-state index is 1.03. The molecule has 0 aromatic rings. The third-order valence-corrected chi connectivity index (χ3v) is 1.62. The van der Waals surface area contributed by atoms with Crippen molar-refractivity contribution < 1.29 is 0 Å². The maximum Gasteiger partial charge on any atom is 0.0355 e. The van der Waals surface area contributed by atoms with Gasteiger partial charge >= 0.3 is 0 Å². The Balaban J connectivity index is 4.47. The van der Waals surface area contributed by atoms with Gasteiger partial charge in [-0.3, -0.25) is 0 Å². The van der Waals surface area contributed by atoms with Crippen molar-refractivity contribution in [1.82, 2.24) is 4.90 Å². The van der Waals surface area contributed by atoms with Crippen LogP contribution in [0.25, 0.3) is 0 Å². The van der Waals surface area contributed by atoms with Crippen molar-refractivity contribution >= 4 is 0 Å². The average molecular weight is 175 g/mol. The summed E-state index contributed by atoms with van der Waals surface area (Å²) in [4.78, 5) is 2.00. The first kappa shape index (κ1) is 11.5. The zero-order valence-corrected chi connectivity index (χ0v) is 8.67. The van der Waals surface area contributed by atoms with Gasteiger partial charge in [-0.15, -0.1) is 5.73 Å². The molecule has 13 heavy (non-hydrogen) atoms. The van der Waals surface area contributed by atoms with Crippen LogP contribution in [-0.4, -0.2) is 19.0 Å². The van der Waals surface area contributed by atoms with Crippen molar-refractivity contribution in [1.29, 1.82) is 0 Å². The van der Waals surface area contributed by atoms with Crippen LogP contribution < -0.4 is 0 Å². The molecule has 0 bridgehead atoms. The maximum absolute atomic E-state index is 3.72. The molecule has 0 amide bonds. The number of allylic oxidation sites excluding steroid dienone is 5. The highest BCUT2D eigenvalue weighted by Crippen LogP contribution is 2.00. The minimum Gasteiger partial charge on any atom is -0.378 e. The average Bonchev–Trinajstić information content (AvgIpc) is 2.11. The first-order valence-corrected chi connectivity index (χ1v) is 4.16. The van der Waals surface area contributed by atoms with Crippen LogP contribution in [0.1, 0.15) is 6.92 Å². The summed E-state index contributed by atoms with van der Waals surface area (Å²) in [5, 5.41) is 0. The molecule has 0 rings (SSSR count). The van der Waals surface area contributed by atoms with Gasteiger partial charge in [0.05, 0.1) is 0 Å². The van der Waals surface area contributed by atoms with Crippen molar-refractivity contribution in [2.24, 2.45) is 0 Å². The summed E-state index contributed by atoms with van der Waals surface area (Å²) < 4.78 is 0. The highest BCUT2D eigenvalue weighted by atomic mass is 15.1. The molecule has 0 saturated carbocycles. The SMILES string of the molecule is C=C=C(C)/C=C/C=C(\C=C)N(C)C. The molecule has 0 aromatic heterocycles. The molecule has 0 aliphatic carbocycles. The molecule has 0 saturated heterocycles. The zero-order chi connectivity index (χ0) is 10.3. The molecular weight excluding hydrogens is 158 g/mol. The Morgan fingerprint density at radius 1 is 1.38 bits per heavy atom. The molecule has 0 radical (unpaired) electrons. The second kappa shape index (κ2) is 6.10. The molecule has 0 N–H and O–H groups in total. The van der Waals surface area contributed by atoms with Crippen LogP contribution in [-0.2, 0) is 0 Å². The summed E-state index contributed by atoms with van der Waals surface area (Å²) in [6, 6.07) is 0. The highest BCUT2D eigenvalue weighted by Gasteiger charge is 1.89. The Bertz CT molecular complexity index is 273. The zero-order valence-electron chi connectivity index (χ0n) is 8.67. The van der Waals surface area contributed by atoms with E-state index in [9.17, 15) is 0 Å². The van der Waals surface area contributed by atoms with Gasteiger partial charge < -0.3 is 4.90 Å². The topological polar surface area (TPSA) is 3.24 Å². The fraction of sp³-hybridized carbons (Fsp3) is 0.250. The van der Waals surface area contributed by atoms with E-state index < -0.39 is 0 Å². The van der Waals surface area contributed by atoms with Gasteiger partial charge in [0, 0.05) is 19.8 Å². The normalized spacial score (nSPS) is 11.2. The quantitative estimate of drug-likeness (QED) is 0.469. The third-order valence-electron chi connectivity index (χ3n) is 1.62. The lowest BCUT2D eigenvalue weighted by Crippen LogP contribution is -2.08. The van der Waals surface area contributed by atoms with E-state index in [4.69, 9.17) is 0 Å². The summed E-state index contributed by atoms with van der Waals surface area (Å²) in [5.41, 5.74) is 4.90. The number of nitrogens with zero attached hydrogens (tertiary/aromatic N) is 1. The summed E-state index contributed by atoms with van der Waals surface area (Å²) in [7, 11) is 3.97. The van der Waals surface area contributed by atoms with E-state index in [1.807, 2.05) is 50.2 Å². The lowest BCUT2D eigenvalue weighted by molar-refractivity contribution is 0.530. The highest BCUT2D eigenvalue weighted by molar-refractivity contribution is 5.25. The van der Waals surface area contributed by atoms with E-state index in [-0.39, 0.29) is 0 Å². The summed E-state index contributed by atoms with van der Waals surface area (Å²) in [5.74, 6) is 0. The monoisotopic (exact) mass is 175 g/mol. The molecule has 0 aliphatic heterocycles. The van der Waals surface area contributed by atoms with E-state index in [1.54, 1.807) is 0 Å². The fourth-order valence-electron chi connectivity index (χ4n) is 0.750. The second-order valence-electron chi connectivity index (χ2n) is 2.91. The van der Waals surface area contributed by atoms with E-state index in [0.29, 0.717) is 0 Å². The number of rotatable bonds is 4. The van der Waals surface area contributed by atoms with Crippen LogP contribution in [0.5, 0.6) is 0 Å². The standard InChI is InChI=1S/C12H17N/c1-6-11(3)9-8-10-12(7-2)13(4)5/h7-10H,1-2H2,3-5H3/b9-8+,12-10+. The van der Waals surface area contributed by atoms with Gasteiger partial charge in [-0.25, -0.2) is 0 Å². The molecule has 1 nitrogen and oxygen atoms in total. The van der Waals surface area contributed by atoms with E-state index in [2.05, 4.69) is 18.9 Å². The molecule has 0 aliphatic rings. The third kappa shape index (κ3) is 4.89. The van der Waals surface area contributed by atoms with Crippen molar-refractivity contribution in [2.45, 2.75) is 6.92 Å². The fourth-order valence-corrected chi connectivity index (χ4v) is 0.750. The van der Waals surface area contributed by atoms with Crippen LogP contribution in [0.15, 0.2) is 54.5 Å².